The van der Waals surface area contributed by atoms with Crippen LogP contribution in [0.15, 0.2) is 40.1 Å². The monoisotopic (exact) mass is 438 g/mol. The van der Waals surface area contributed by atoms with Gasteiger partial charge in [0.25, 0.3) is 0 Å². The highest BCUT2D eigenvalue weighted by molar-refractivity contribution is 9.10. The number of halogens is 2. The van der Waals surface area contributed by atoms with Gasteiger partial charge in [-0.15, -0.1) is 0 Å². The van der Waals surface area contributed by atoms with Crippen LogP contribution in [0.4, 0.5) is 15.9 Å². The van der Waals surface area contributed by atoms with Gasteiger partial charge in [0.2, 0.25) is 5.91 Å². The van der Waals surface area contributed by atoms with E-state index in [9.17, 15) is 9.18 Å². The highest BCUT2D eigenvalue weighted by Crippen LogP contribution is 2.26. The molecule has 138 valence electrons. The molecule has 3 rings (SSSR count). The number of rotatable bonds is 5. The van der Waals surface area contributed by atoms with E-state index in [0.717, 1.165) is 30.2 Å². The predicted octanol–water partition coefficient (Wildman–Crippen LogP) is 4.49. The van der Waals surface area contributed by atoms with E-state index < -0.39 is 5.82 Å². The molecule has 0 radical (unpaired) electrons. The minimum absolute atomic E-state index is 0.154. The number of piperidine rings is 1. The maximum Gasteiger partial charge on any atom is 0.234 e. The van der Waals surface area contributed by atoms with Crippen molar-refractivity contribution < 1.29 is 9.18 Å². The Hall–Kier alpha value is -1.67. The summed E-state index contributed by atoms with van der Waals surface area (Å²) in [5.41, 5.74) is 0.171. The zero-order valence-corrected chi connectivity index (χ0v) is 16.8. The fourth-order valence-corrected chi connectivity index (χ4v) is 3.92. The van der Waals surface area contributed by atoms with Crippen molar-refractivity contribution in [2.45, 2.75) is 37.3 Å². The van der Waals surface area contributed by atoms with E-state index in [1.54, 1.807) is 6.07 Å². The van der Waals surface area contributed by atoms with E-state index in [-0.39, 0.29) is 17.3 Å². The minimum Gasteiger partial charge on any atom is -0.354 e. The van der Waals surface area contributed by atoms with Crippen molar-refractivity contribution in [3.05, 3.63) is 40.9 Å². The summed E-state index contributed by atoms with van der Waals surface area (Å²) in [6.45, 7) is 3.19. The molecule has 1 aromatic heterocycles. The summed E-state index contributed by atoms with van der Waals surface area (Å²) >= 11 is 4.51. The SMILES string of the molecule is C[C@@H]1CCCCN1c1cc(SCC(=O)Nc2ccc(Br)cc2F)ncn1. The number of thioether (sulfide) groups is 1. The van der Waals surface area contributed by atoms with Crippen LogP contribution in [-0.4, -0.2) is 34.2 Å². The zero-order chi connectivity index (χ0) is 18.5. The van der Waals surface area contributed by atoms with Crippen LogP contribution in [0.1, 0.15) is 26.2 Å². The largest absolute Gasteiger partial charge is 0.354 e. The standard InChI is InChI=1S/C18H20BrFN4OS/c1-12-4-2-3-7-24(12)16-9-18(22-11-21-16)26-10-17(25)23-15-6-5-13(19)8-14(15)20/h5-6,8-9,11-12H,2-4,7,10H2,1H3,(H,23,25)/t12-/m1/s1. The molecule has 5 nitrogen and oxygen atoms in total. The van der Waals surface area contributed by atoms with Crippen molar-refractivity contribution in [1.29, 1.82) is 0 Å². The predicted molar refractivity (Wildman–Crippen MR) is 106 cm³/mol. The molecule has 0 bridgehead atoms. The fourth-order valence-electron chi connectivity index (χ4n) is 2.92. The van der Waals surface area contributed by atoms with Crippen LogP contribution in [-0.2, 0) is 4.79 Å². The van der Waals surface area contributed by atoms with E-state index in [4.69, 9.17) is 0 Å². The Balaban J connectivity index is 1.59. The Morgan fingerprint density at radius 2 is 2.23 bits per heavy atom. The van der Waals surface area contributed by atoms with Crippen LogP contribution in [0.3, 0.4) is 0 Å². The summed E-state index contributed by atoms with van der Waals surface area (Å²) in [6, 6.07) is 6.91. The highest BCUT2D eigenvalue weighted by atomic mass is 79.9. The zero-order valence-electron chi connectivity index (χ0n) is 14.4. The molecule has 1 aromatic carbocycles. The first-order chi connectivity index (χ1) is 12.5. The molecule has 1 amide bonds. The number of carbonyl (C=O) groups is 1. The maximum absolute atomic E-state index is 13.8. The highest BCUT2D eigenvalue weighted by Gasteiger charge is 2.20. The van der Waals surface area contributed by atoms with Gasteiger partial charge in [-0.1, -0.05) is 27.7 Å². The van der Waals surface area contributed by atoms with E-state index in [1.807, 2.05) is 6.07 Å². The van der Waals surface area contributed by atoms with Gasteiger partial charge in [0, 0.05) is 23.1 Å². The first-order valence-electron chi connectivity index (χ1n) is 8.49. The van der Waals surface area contributed by atoms with Gasteiger partial charge in [0.15, 0.2) is 0 Å². The third-order valence-electron chi connectivity index (χ3n) is 4.28. The number of benzene rings is 1. The lowest BCUT2D eigenvalue weighted by molar-refractivity contribution is -0.113. The topological polar surface area (TPSA) is 58.1 Å². The molecule has 26 heavy (non-hydrogen) atoms. The normalized spacial score (nSPS) is 17.2. The molecule has 0 spiro atoms. The summed E-state index contributed by atoms with van der Waals surface area (Å²) in [5, 5.41) is 3.32. The summed E-state index contributed by atoms with van der Waals surface area (Å²) < 4.78 is 14.4. The smallest absolute Gasteiger partial charge is 0.234 e. The molecular formula is C18H20BrFN4OS. The second kappa shape index (κ2) is 8.81. The van der Waals surface area contributed by atoms with Crippen molar-refractivity contribution in [1.82, 2.24) is 9.97 Å². The Labute approximate surface area is 164 Å². The summed E-state index contributed by atoms with van der Waals surface area (Å²) in [4.78, 5) is 23.0. The molecular weight excluding hydrogens is 419 g/mol. The number of anilines is 2. The van der Waals surface area contributed by atoms with Crippen LogP contribution in [0.2, 0.25) is 0 Å². The van der Waals surface area contributed by atoms with Crippen molar-refractivity contribution in [3.8, 4) is 0 Å². The summed E-state index contributed by atoms with van der Waals surface area (Å²) in [7, 11) is 0. The summed E-state index contributed by atoms with van der Waals surface area (Å²) in [5.74, 6) is 0.305. The Morgan fingerprint density at radius 1 is 1.38 bits per heavy atom. The van der Waals surface area contributed by atoms with Gasteiger partial charge in [-0.2, -0.15) is 0 Å². The summed E-state index contributed by atoms with van der Waals surface area (Å²) in [6.07, 6.45) is 5.11. The fraction of sp³-hybridized carbons (Fsp3) is 0.389. The third-order valence-corrected chi connectivity index (χ3v) is 5.70. The van der Waals surface area contributed by atoms with Crippen molar-refractivity contribution in [2.75, 3.05) is 22.5 Å². The second-order valence-corrected chi connectivity index (χ2v) is 8.12. The van der Waals surface area contributed by atoms with E-state index in [1.165, 1.54) is 36.6 Å². The molecule has 1 fully saturated rings. The third kappa shape index (κ3) is 4.94. The molecule has 0 saturated carbocycles. The Morgan fingerprint density at radius 3 is 3.00 bits per heavy atom. The van der Waals surface area contributed by atoms with Crippen LogP contribution in [0, 0.1) is 5.82 Å². The number of nitrogens with zero attached hydrogens (tertiary/aromatic N) is 3. The minimum atomic E-state index is -0.471. The van der Waals surface area contributed by atoms with Crippen LogP contribution in [0.25, 0.3) is 0 Å². The van der Waals surface area contributed by atoms with Gasteiger partial charge in [0.05, 0.1) is 11.4 Å². The van der Waals surface area contributed by atoms with Crippen LogP contribution < -0.4 is 10.2 Å². The van der Waals surface area contributed by atoms with Gasteiger partial charge in [0.1, 0.15) is 23.0 Å². The Kier molecular flexibility index (Phi) is 6.48. The van der Waals surface area contributed by atoms with Crippen LogP contribution in [0.5, 0.6) is 0 Å². The molecule has 1 saturated heterocycles. The van der Waals surface area contributed by atoms with Crippen molar-refractivity contribution >= 4 is 45.1 Å². The molecule has 1 aliphatic rings. The molecule has 1 atom stereocenters. The number of nitrogens with one attached hydrogen (secondary N) is 1. The lowest BCUT2D eigenvalue weighted by atomic mass is 10.0. The Bertz CT molecular complexity index is 792. The average molecular weight is 439 g/mol. The average Bonchev–Trinajstić information content (AvgIpc) is 2.63. The van der Waals surface area contributed by atoms with E-state index in [0.29, 0.717) is 10.5 Å². The van der Waals surface area contributed by atoms with Gasteiger partial charge in [-0.25, -0.2) is 14.4 Å². The van der Waals surface area contributed by atoms with Crippen molar-refractivity contribution in [2.24, 2.45) is 0 Å². The molecule has 0 unspecified atom stereocenters. The van der Waals surface area contributed by atoms with Gasteiger partial charge < -0.3 is 10.2 Å². The van der Waals surface area contributed by atoms with Crippen LogP contribution >= 0.6 is 27.7 Å². The quantitative estimate of drug-likeness (QED) is 0.550. The number of hydrogen-bond donors (Lipinski definition) is 1. The number of amides is 1. The van der Waals surface area contributed by atoms with Gasteiger partial charge in [-0.3, -0.25) is 4.79 Å². The lowest BCUT2D eigenvalue weighted by Crippen LogP contribution is -2.38. The molecule has 8 heteroatoms. The van der Waals surface area contributed by atoms with Gasteiger partial charge in [-0.05, 0) is 44.4 Å². The van der Waals surface area contributed by atoms with E-state index in [2.05, 4.69) is 43.0 Å². The molecule has 2 heterocycles. The first-order valence-corrected chi connectivity index (χ1v) is 10.3. The molecule has 2 aromatic rings. The molecule has 0 aliphatic carbocycles. The maximum atomic E-state index is 13.8. The first kappa shape index (κ1) is 19.1. The van der Waals surface area contributed by atoms with Gasteiger partial charge >= 0.3 is 0 Å². The number of carbonyl (C=O) groups excluding carboxylic acids is 1. The second-order valence-electron chi connectivity index (χ2n) is 6.21. The number of aromatic nitrogens is 2. The van der Waals surface area contributed by atoms with Crippen molar-refractivity contribution in [3.63, 3.8) is 0 Å². The molecule has 1 N–H and O–H groups in total. The lowest BCUT2D eigenvalue weighted by Gasteiger charge is -2.34. The number of hydrogen-bond acceptors (Lipinski definition) is 5. The van der Waals surface area contributed by atoms with E-state index >= 15 is 0 Å². The molecule has 1 aliphatic heterocycles.